The summed E-state index contributed by atoms with van der Waals surface area (Å²) in [5, 5.41) is 5.57. The van der Waals surface area contributed by atoms with E-state index < -0.39 is 6.04 Å². The minimum atomic E-state index is -0.921. The molecule has 0 aliphatic heterocycles. The number of carbonyl (C=O) groups excluding carboxylic acids is 3. The first-order valence-corrected chi connectivity index (χ1v) is 11.8. The molecule has 3 rings (SSSR count). The average molecular weight is 489 g/mol. The summed E-state index contributed by atoms with van der Waals surface area (Å²) in [6.07, 6.45) is 1.44. The van der Waals surface area contributed by atoms with Crippen molar-refractivity contribution in [3.63, 3.8) is 0 Å². The Balaban J connectivity index is 1.91. The first-order chi connectivity index (χ1) is 17.4. The fourth-order valence-corrected chi connectivity index (χ4v) is 3.77. The molecule has 2 N–H and O–H groups in total. The van der Waals surface area contributed by atoms with Crippen molar-refractivity contribution in [2.24, 2.45) is 0 Å². The molecule has 0 aliphatic carbocycles. The van der Waals surface area contributed by atoms with E-state index in [4.69, 9.17) is 4.74 Å². The highest BCUT2D eigenvalue weighted by atomic mass is 16.5. The third-order valence-electron chi connectivity index (χ3n) is 5.65. The van der Waals surface area contributed by atoms with Crippen LogP contribution in [0.3, 0.4) is 0 Å². The number of hydrogen-bond acceptors (Lipinski definition) is 5. The van der Waals surface area contributed by atoms with Gasteiger partial charge < -0.3 is 15.4 Å². The van der Waals surface area contributed by atoms with Gasteiger partial charge in [-0.2, -0.15) is 0 Å². The Morgan fingerprint density at radius 1 is 0.944 bits per heavy atom. The van der Waals surface area contributed by atoms with Crippen LogP contribution in [0, 0.1) is 13.8 Å². The SMILES string of the molecule is COCCNC(=O)[C@@H](c1ccc(C)cc1)N(C(=O)CCC(=O)Nc1ccccn1)c1ccccc1C. The van der Waals surface area contributed by atoms with E-state index in [1.54, 1.807) is 31.5 Å². The van der Waals surface area contributed by atoms with Gasteiger partial charge >= 0.3 is 0 Å². The second kappa shape index (κ2) is 13.2. The van der Waals surface area contributed by atoms with Gasteiger partial charge in [-0.1, -0.05) is 54.1 Å². The van der Waals surface area contributed by atoms with Crippen molar-refractivity contribution in [2.75, 3.05) is 30.5 Å². The van der Waals surface area contributed by atoms with E-state index in [0.717, 1.165) is 11.1 Å². The molecule has 3 amide bonds. The third-order valence-corrected chi connectivity index (χ3v) is 5.65. The van der Waals surface area contributed by atoms with Crippen LogP contribution in [0.25, 0.3) is 0 Å². The zero-order valence-electron chi connectivity index (χ0n) is 20.9. The van der Waals surface area contributed by atoms with Gasteiger partial charge in [-0.15, -0.1) is 0 Å². The Labute approximate surface area is 211 Å². The number of aryl methyl sites for hydroxylation is 2. The van der Waals surface area contributed by atoms with Gasteiger partial charge in [0, 0.05) is 38.4 Å². The van der Waals surface area contributed by atoms with E-state index in [1.807, 2.05) is 62.4 Å². The highest BCUT2D eigenvalue weighted by Crippen LogP contribution is 2.31. The minimum Gasteiger partial charge on any atom is -0.383 e. The second-order valence-electron chi connectivity index (χ2n) is 8.41. The zero-order valence-corrected chi connectivity index (χ0v) is 20.9. The Bertz CT molecular complexity index is 1170. The summed E-state index contributed by atoms with van der Waals surface area (Å²) in [5.41, 5.74) is 3.16. The molecule has 0 saturated carbocycles. The largest absolute Gasteiger partial charge is 0.383 e. The quantitative estimate of drug-likeness (QED) is 0.398. The fraction of sp³-hybridized carbons (Fsp3) is 0.286. The van der Waals surface area contributed by atoms with Gasteiger partial charge in [-0.05, 0) is 43.2 Å². The standard InChI is InChI=1S/C28H32N4O4/c1-20-11-13-22(14-12-20)27(28(35)30-18-19-36-3)32(23-9-5-4-8-21(23)2)26(34)16-15-25(33)31-24-10-6-7-17-29-24/h4-14,17,27H,15-16,18-19H2,1-3H3,(H,30,35)(H,29,31,33)/t27-/m1/s1. The van der Waals surface area contributed by atoms with E-state index >= 15 is 0 Å². The summed E-state index contributed by atoms with van der Waals surface area (Å²) in [6, 6.07) is 19.2. The first kappa shape index (κ1) is 26.6. The number of anilines is 2. The van der Waals surface area contributed by atoms with Gasteiger partial charge in [0.15, 0.2) is 0 Å². The molecule has 0 radical (unpaired) electrons. The van der Waals surface area contributed by atoms with Crippen LogP contribution in [-0.4, -0.2) is 43.0 Å². The monoisotopic (exact) mass is 488 g/mol. The lowest BCUT2D eigenvalue weighted by molar-refractivity contribution is -0.127. The topological polar surface area (TPSA) is 101 Å². The molecule has 2 aromatic carbocycles. The maximum Gasteiger partial charge on any atom is 0.247 e. The molecule has 36 heavy (non-hydrogen) atoms. The van der Waals surface area contributed by atoms with Crippen molar-refractivity contribution in [1.82, 2.24) is 10.3 Å². The molecule has 1 heterocycles. The molecule has 3 aromatic rings. The summed E-state index contributed by atoms with van der Waals surface area (Å²) in [6.45, 7) is 4.50. The third kappa shape index (κ3) is 7.23. The molecule has 0 fully saturated rings. The molecule has 0 unspecified atom stereocenters. The average Bonchev–Trinajstić information content (AvgIpc) is 2.88. The number of nitrogens with zero attached hydrogens (tertiary/aromatic N) is 2. The summed E-state index contributed by atoms with van der Waals surface area (Å²) < 4.78 is 5.07. The molecular weight excluding hydrogens is 456 g/mol. The van der Waals surface area contributed by atoms with Gasteiger partial charge in [0.2, 0.25) is 17.7 Å². The number of pyridine rings is 1. The smallest absolute Gasteiger partial charge is 0.247 e. The van der Waals surface area contributed by atoms with E-state index in [2.05, 4.69) is 15.6 Å². The molecule has 8 heteroatoms. The second-order valence-corrected chi connectivity index (χ2v) is 8.41. The van der Waals surface area contributed by atoms with Crippen LogP contribution in [-0.2, 0) is 19.1 Å². The molecule has 8 nitrogen and oxygen atoms in total. The predicted octanol–water partition coefficient (Wildman–Crippen LogP) is 3.95. The summed E-state index contributed by atoms with van der Waals surface area (Å²) >= 11 is 0. The number of carbonyl (C=O) groups is 3. The molecule has 0 spiro atoms. The van der Waals surface area contributed by atoms with Crippen LogP contribution in [0.15, 0.2) is 72.9 Å². The van der Waals surface area contributed by atoms with Crippen molar-refractivity contribution in [2.45, 2.75) is 32.7 Å². The Morgan fingerprint density at radius 2 is 1.67 bits per heavy atom. The van der Waals surface area contributed by atoms with Gasteiger partial charge in [0.25, 0.3) is 0 Å². The van der Waals surface area contributed by atoms with Crippen molar-refractivity contribution in [1.29, 1.82) is 0 Å². The van der Waals surface area contributed by atoms with Gasteiger partial charge in [0.1, 0.15) is 11.9 Å². The van der Waals surface area contributed by atoms with Crippen LogP contribution in [0.1, 0.15) is 35.6 Å². The number of amides is 3. The number of ether oxygens (including phenoxy) is 1. The minimum absolute atomic E-state index is 0.0519. The molecule has 1 atom stereocenters. The van der Waals surface area contributed by atoms with Crippen LogP contribution in [0.4, 0.5) is 11.5 Å². The van der Waals surface area contributed by atoms with E-state index in [-0.39, 0.29) is 30.6 Å². The number of rotatable bonds is 11. The van der Waals surface area contributed by atoms with E-state index in [1.165, 1.54) is 4.90 Å². The lowest BCUT2D eigenvalue weighted by atomic mass is 10.00. The molecule has 0 aliphatic rings. The summed E-state index contributed by atoms with van der Waals surface area (Å²) in [4.78, 5) is 45.3. The highest BCUT2D eigenvalue weighted by Gasteiger charge is 2.33. The number of para-hydroxylation sites is 1. The molecule has 0 bridgehead atoms. The predicted molar refractivity (Wildman–Crippen MR) is 140 cm³/mol. The number of hydrogen-bond donors (Lipinski definition) is 2. The fourth-order valence-electron chi connectivity index (χ4n) is 3.77. The highest BCUT2D eigenvalue weighted by molar-refractivity contribution is 6.03. The number of aromatic nitrogens is 1. The van der Waals surface area contributed by atoms with Crippen molar-refractivity contribution >= 4 is 29.2 Å². The maximum absolute atomic E-state index is 13.7. The van der Waals surface area contributed by atoms with Crippen LogP contribution >= 0.6 is 0 Å². The van der Waals surface area contributed by atoms with E-state index in [9.17, 15) is 14.4 Å². The Morgan fingerprint density at radius 3 is 2.33 bits per heavy atom. The van der Waals surface area contributed by atoms with Crippen LogP contribution < -0.4 is 15.5 Å². The summed E-state index contributed by atoms with van der Waals surface area (Å²) in [7, 11) is 1.56. The van der Waals surface area contributed by atoms with Crippen LogP contribution in [0.2, 0.25) is 0 Å². The van der Waals surface area contributed by atoms with Crippen molar-refractivity contribution in [3.8, 4) is 0 Å². The number of nitrogens with one attached hydrogen (secondary N) is 2. The van der Waals surface area contributed by atoms with Crippen LogP contribution in [0.5, 0.6) is 0 Å². The molecular formula is C28H32N4O4. The van der Waals surface area contributed by atoms with Crippen molar-refractivity contribution < 1.29 is 19.1 Å². The van der Waals surface area contributed by atoms with Crippen molar-refractivity contribution in [3.05, 3.63) is 89.6 Å². The lowest BCUT2D eigenvalue weighted by Crippen LogP contribution is -2.45. The van der Waals surface area contributed by atoms with Gasteiger partial charge in [-0.25, -0.2) is 4.98 Å². The molecule has 1 aromatic heterocycles. The number of methoxy groups -OCH3 is 1. The molecule has 188 valence electrons. The Hall–Kier alpha value is -4.04. The van der Waals surface area contributed by atoms with E-state index in [0.29, 0.717) is 30.2 Å². The number of benzene rings is 2. The normalized spacial score (nSPS) is 11.4. The first-order valence-electron chi connectivity index (χ1n) is 11.8. The summed E-state index contributed by atoms with van der Waals surface area (Å²) in [5.74, 6) is -0.581. The maximum atomic E-state index is 13.7. The van der Waals surface area contributed by atoms with Gasteiger partial charge in [-0.3, -0.25) is 19.3 Å². The molecule has 0 saturated heterocycles. The lowest BCUT2D eigenvalue weighted by Gasteiger charge is -2.32. The van der Waals surface area contributed by atoms with Gasteiger partial charge in [0.05, 0.1) is 6.61 Å². The zero-order chi connectivity index (χ0) is 25.9. The Kier molecular flexibility index (Phi) is 9.71.